The number of anilines is 1. The molecule has 17 heavy (non-hydrogen) atoms. The molecule has 0 fully saturated rings. The number of aromatic amines is 1. The molecule has 1 aromatic heterocycles. The summed E-state index contributed by atoms with van der Waals surface area (Å²) in [6.45, 7) is 1.76. The van der Waals surface area contributed by atoms with Crippen molar-refractivity contribution in [2.75, 3.05) is 12.3 Å². The van der Waals surface area contributed by atoms with Crippen molar-refractivity contribution in [3.63, 3.8) is 0 Å². The summed E-state index contributed by atoms with van der Waals surface area (Å²) in [6, 6.07) is 0. The van der Waals surface area contributed by atoms with Crippen LogP contribution in [0.25, 0.3) is 0 Å². The van der Waals surface area contributed by atoms with E-state index in [4.69, 9.17) is 5.73 Å². The number of hydrogen-bond donors (Lipinski definition) is 2. The second kappa shape index (κ2) is 5.42. The number of H-pyrrole nitrogens is 1. The van der Waals surface area contributed by atoms with E-state index in [1.807, 2.05) is 0 Å². The molecule has 0 spiro atoms. The summed E-state index contributed by atoms with van der Waals surface area (Å²) in [5, 5.41) is 0. The Hall–Kier alpha value is -1.92. The first kappa shape index (κ1) is 13.1. The van der Waals surface area contributed by atoms with Gasteiger partial charge in [-0.3, -0.25) is 9.59 Å². The van der Waals surface area contributed by atoms with Gasteiger partial charge in [-0.15, -0.1) is 0 Å². The lowest BCUT2D eigenvalue weighted by Gasteiger charge is -2.10. The average molecular weight is 246 g/mol. The molecule has 0 radical (unpaired) electrons. The maximum Gasteiger partial charge on any atom is 0.310 e. The van der Waals surface area contributed by atoms with Gasteiger partial charge in [0.2, 0.25) is 0 Å². The summed E-state index contributed by atoms with van der Waals surface area (Å²) < 4.78 is 30.1. The number of nitrogen functional groups attached to an aromatic ring is 1. The fraction of sp³-hybridized carbons (Fsp3) is 0.400. The number of ether oxygens (including phenoxy) is 1. The smallest absolute Gasteiger partial charge is 0.310 e. The third kappa shape index (κ3) is 3.02. The van der Waals surface area contributed by atoms with Gasteiger partial charge in [-0.2, -0.15) is 0 Å². The molecule has 0 aliphatic rings. The lowest BCUT2D eigenvalue weighted by molar-refractivity contribution is -0.142. The minimum Gasteiger partial charge on any atom is -0.466 e. The standard InChI is InChI=1S/C10H12F2N2O3/c1-2-17-6(15)3-5-4-14-10(16)8(13)7(5)9(11)12/h4,9H,2-3,13H2,1H3,(H,14,16). The largest absolute Gasteiger partial charge is 0.466 e. The maximum atomic E-state index is 12.7. The van der Waals surface area contributed by atoms with Crippen LogP contribution in [-0.2, 0) is 16.0 Å². The molecule has 7 heteroatoms. The highest BCUT2D eigenvalue weighted by molar-refractivity contribution is 5.73. The van der Waals surface area contributed by atoms with Crippen LogP contribution in [0, 0.1) is 0 Å². The predicted molar refractivity (Wildman–Crippen MR) is 56.8 cm³/mol. The maximum absolute atomic E-state index is 12.7. The van der Waals surface area contributed by atoms with E-state index in [9.17, 15) is 18.4 Å². The van der Waals surface area contributed by atoms with Crippen LogP contribution < -0.4 is 11.3 Å². The van der Waals surface area contributed by atoms with Gasteiger partial charge >= 0.3 is 5.97 Å². The van der Waals surface area contributed by atoms with Gasteiger partial charge in [-0.25, -0.2) is 8.78 Å². The van der Waals surface area contributed by atoms with Gasteiger partial charge < -0.3 is 15.5 Å². The Morgan fingerprint density at radius 1 is 1.59 bits per heavy atom. The van der Waals surface area contributed by atoms with E-state index in [2.05, 4.69) is 9.72 Å². The zero-order valence-electron chi connectivity index (χ0n) is 9.13. The summed E-state index contributed by atoms with van der Waals surface area (Å²) in [6.07, 6.45) is -2.22. The summed E-state index contributed by atoms with van der Waals surface area (Å²) in [7, 11) is 0. The topological polar surface area (TPSA) is 85.2 Å². The van der Waals surface area contributed by atoms with Crippen molar-refractivity contribution in [1.29, 1.82) is 0 Å². The number of hydrogen-bond acceptors (Lipinski definition) is 4. The highest BCUT2D eigenvalue weighted by atomic mass is 19.3. The number of nitrogens with one attached hydrogen (secondary N) is 1. The van der Waals surface area contributed by atoms with Crippen molar-refractivity contribution in [3.05, 3.63) is 27.7 Å². The monoisotopic (exact) mass is 246 g/mol. The molecular weight excluding hydrogens is 234 g/mol. The molecule has 0 unspecified atom stereocenters. The fourth-order valence-corrected chi connectivity index (χ4v) is 1.37. The summed E-state index contributed by atoms with van der Waals surface area (Å²) in [5.74, 6) is -0.652. The highest BCUT2D eigenvalue weighted by Crippen LogP contribution is 2.26. The molecule has 3 N–H and O–H groups in total. The summed E-state index contributed by atoms with van der Waals surface area (Å²) >= 11 is 0. The van der Waals surface area contributed by atoms with Gasteiger partial charge in [0.05, 0.1) is 18.6 Å². The van der Waals surface area contributed by atoms with Gasteiger partial charge in [-0.1, -0.05) is 0 Å². The lowest BCUT2D eigenvalue weighted by Crippen LogP contribution is -2.18. The molecule has 0 bridgehead atoms. The Bertz CT molecular complexity index is 471. The van der Waals surface area contributed by atoms with E-state index >= 15 is 0 Å². The van der Waals surface area contributed by atoms with Crippen molar-refractivity contribution in [2.45, 2.75) is 19.8 Å². The van der Waals surface area contributed by atoms with Crippen molar-refractivity contribution in [1.82, 2.24) is 4.98 Å². The third-order valence-electron chi connectivity index (χ3n) is 2.12. The summed E-state index contributed by atoms with van der Waals surface area (Å²) in [4.78, 5) is 24.5. The quantitative estimate of drug-likeness (QED) is 0.776. The van der Waals surface area contributed by atoms with E-state index in [0.29, 0.717) is 0 Å². The van der Waals surface area contributed by atoms with Crippen molar-refractivity contribution < 1.29 is 18.3 Å². The molecule has 0 aliphatic carbocycles. The number of alkyl halides is 2. The normalized spacial score (nSPS) is 10.6. The van der Waals surface area contributed by atoms with Gasteiger partial charge in [0.25, 0.3) is 12.0 Å². The molecule has 1 aromatic rings. The van der Waals surface area contributed by atoms with E-state index in [1.165, 1.54) is 0 Å². The zero-order chi connectivity index (χ0) is 13.0. The number of aromatic nitrogens is 1. The third-order valence-corrected chi connectivity index (χ3v) is 2.12. The number of carbonyl (C=O) groups is 1. The van der Waals surface area contributed by atoms with Gasteiger partial charge in [0.15, 0.2) is 0 Å². The second-order valence-corrected chi connectivity index (χ2v) is 3.25. The molecule has 0 aliphatic heterocycles. The van der Waals surface area contributed by atoms with E-state index in [0.717, 1.165) is 6.20 Å². The Morgan fingerprint density at radius 2 is 2.24 bits per heavy atom. The van der Waals surface area contributed by atoms with Crippen LogP contribution in [0.5, 0.6) is 0 Å². The number of carbonyl (C=O) groups excluding carboxylic acids is 1. The van der Waals surface area contributed by atoms with Crippen molar-refractivity contribution in [3.8, 4) is 0 Å². The highest BCUT2D eigenvalue weighted by Gasteiger charge is 2.20. The molecule has 0 saturated carbocycles. The van der Waals surface area contributed by atoms with Crippen LogP contribution in [-0.4, -0.2) is 17.6 Å². The average Bonchev–Trinajstić information content (AvgIpc) is 2.23. The molecule has 5 nitrogen and oxygen atoms in total. The lowest BCUT2D eigenvalue weighted by atomic mass is 10.1. The first-order valence-corrected chi connectivity index (χ1v) is 4.91. The number of halogens is 2. The van der Waals surface area contributed by atoms with Crippen LogP contribution in [0.4, 0.5) is 14.5 Å². The first-order chi connectivity index (χ1) is 7.97. The molecule has 0 saturated heterocycles. The molecule has 0 amide bonds. The molecule has 0 aromatic carbocycles. The van der Waals surface area contributed by atoms with Crippen molar-refractivity contribution in [2.24, 2.45) is 0 Å². The molecular formula is C10H12F2N2O3. The van der Waals surface area contributed by atoms with Crippen LogP contribution in [0.3, 0.4) is 0 Å². The fourth-order valence-electron chi connectivity index (χ4n) is 1.37. The molecule has 0 atom stereocenters. The van der Waals surface area contributed by atoms with Gasteiger partial charge in [0, 0.05) is 6.20 Å². The van der Waals surface area contributed by atoms with Gasteiger partial charge in [0.1, 0.15) is 5.69 Å². The molecule has 1 heterocycles. The second-order valence-electron chi connectivity index (χ2n) is 3.25. The summed E-state index contributed by atoms with van der Waals surface area (Å²) in [5.41, 5.74) is 3.25. The van der Waals surface area contributed by atoms with Crippen molar-refractivity contribution >= 4 is 11.7 Å². The van der Waals surface area contributed by atoms with E-state index in [1.54, 1.807) is 6.92 Å². The van der Waals surface area contributed by atoms with Gasteiger partial charge in [-0.05, 0) is 12.5 Å². The Morgan fingerprint density at radius 3 is 2.76 bits per heavy atom. The Kier molecular flexibility index (Phi) is 4.19. The van der Waals surface area contributed by atoms with Crippen LogP contribution in [0.15, 0.2) is 11.0 Å². The minimum atomic E-state index is -2.92. The first-order valence-electron chi connectivity index (χ1n) is 4.91. The number of nitrogens with two attached hydrogens (primary N) is 1. The molecule has 94 valence electrons. The van der Waals surface area contributed by atoms with E-state index in [-0.39, 0.29) is 18.6 Å². The minimum absolute atomic E-state index is 0.0319. The number of esters is 1. The van der Waals surface area contributed by atoms with Crippen LogP contribution in [0.1, 0.15) is 24.5 Å². The van der Waals surface area contributed by atoms with Crippen LogP contribution in [0.2, 0.25) is 0 Å². The van der Waals surface area contributed by atoms with E-state index < -0.39 is 29.2 Å². The van der Waals surface area contributed by atoms with Crippen LogP contribution >= 0.6 is 0 Å². The zero-order valence-corrected chi connectivity index (χ0v) is 9.13. The number of pyridine rings is 1. The molecule has 1 rings (SSSR count). The Balaban J connectivity index is 3.11. The number of rotatable bonds is 4. The Labute approximate surface area is 95.6 Å². The predicted octanol–water partition coefficient (Wildman–Crippen LogP) is 1.00. The SMILES string of the molecule is CCOC(=O)Cc1c[nH]c(=O)c(N)c1C(F)F.